The van der Waals surface area contributed by atoms with Crippen molar-refractivity contribution in [3.63, 3.8) is 0 Å². The second kappa shape index (κ2) is 5.38. The predicted octanol–water partition coefficient (Wildman–Crippen LogP) is 2.44. The lowest BCUT2D eigenvalue weighted by molar-refractivity contribution is -0.184. The van der Waals surface area contributed by atoms with E-state index < -0.39 is 0 Å². The highest BCUT2D eigenvalue weighted by Crippen LogP contribution is 2.47. The van der Waals surface area contributed by atoms with Crippen LogP contribution in [0.1, 0.15) is 32.6 Å². The van der Waals surface area contributed by atoms with Crippen LogP contribution in [0.3, 0.4) is 0 Å². The molecule has 1 amide bonds. The van der Waals surface area contributed by atoms with Crippen molar-refractivity contribution in [2.75, 3.05) is 18.5 Å². The lowest BCUT2D eigenvalue weighted by Gasteiger charge is -2.51. The topological polar surface area (TPSA) is 58.6 Å². The van der Waals surface area contributed by atoms with Gasteiger partial charge in [-0.05, 0) is 44.1 Å². The van der Waals surface area contributed by atoms with Gasteiger partial charge in [0.15, 0.2) is 0 Å². The first kappa shape index (κ1) is 15.5. The molecule has 5 heterocycles. The Balaban J connectivity index is 1.48. The van der Waals surface area contributed by atoms with Crippen LogP contribution in [0.4, 0.5) is 5.82 Å². The van der Waals surface area contributed by atoms with Gasteiger partial charge in [0, 0.05) is 25.7 Å². The van der Waals surface area contributed by atoms with Crippen LogP contribution < -0.4 is 4.90 Å². The molecule has 2 aromatic heterocycles. The molecular weight excluding hydrogens is 336 g/mol. The number of likely N-dealkylation sites (N-methyl/N-ethyl adjacent to an activating group) is 1. The Morgan fingerprint density at radius 3 is 2.76 bits per heavy atom. The zero-order valence-corrected chi connectivity index (χ0v) is 15.3. The normalized spacial score (nSPS) is 35.1. The number of piperidine rings is 1. The molecule has 1 spiro atoms. The summed E-state index contributed by atoms with van der Waals surface area (Å²) in [6.07, 6.45) is 5.59. The number of carbonyl (C=O) groups excluding carboxylic acids is 1. The Kier molecular flexibility index (Phi) is 3.34. The van der Waals surface area contributed by atoms with Crippen LogP contribution in [0.15, 0.2) is 17.8 Å². The van der Waals surface area contributed by atoms with E-state index in [2.05, 4.69) is 26.3 Å². The molecule has 25 heavy (non-hydrogen) atoms. The van der Waals surface area contributed by atoms with Crippen LogP contribution in [0, 0.1) is 0 Å². The highest BCUT2D eigenvalue weighted by atomic mass is 32.1. The van der Waals surface area contributed by atoms with Gasteiger partial charge in [0.25, 0.3) is 5.91 Å². The van der Waals surface area contributed by atoms with Crippen LogP contribution >= 0.6 is 11.3 Å². The average molecular weight is 358 g/mol. The average Bonchev–Trinajstić information content (AvgIpc) is 3.16. The zero-order chi connectivity index (χ0) is 17.2. The van der Waals surface area contributed by atoms with Crippen molar-refractivity contribution in [1.82, 2.24) is 14.9 Å². The molecule has 3 atom stereocenters. The van der Waals surface area contributed by atoms with E-state index in [1.165, 1.54) is 0 Å². The summed E-state index contributed by atoms with van der Waals surface area (Å²) in [4.78, 5) is 26.5. The summed E-state index contributed by atoms with van der Waals surface area (Å²) in [6.45, 7) is 2.59. The van der Waals surface area contributed by atoms with Crippen LogP contribution in [0.5, 0.6) is 0 Å². The minimum atomic E-state index is -0.340. The fourth-order valence-corrected chi connectivity index (χ4v) is 5.87. The van der Waals surface area contributed by atoms with Gasteiger partial charge in [-0.15, -0.1) is 11.3 Å². The molecule has 6 nitrogen and oxygen atoms in total. The SMILES string of the molecule is CC1OC2(CC3CCC(C2)N3c2ncnc3sccc23)CN(C)C1=O. The lowest BCUT2D eigenvalue weighted by atomic mass is 9.83. The third-order valence-electron chi connectivity index (χ3n) is 6.00. The molecule has 0 aliphatic carbocycles. The second-order valence-electron chi connectivity index (χ2n) is 7.67. The van der Waals surface area contributed by atoms with E-state index in [9.17, 15) is 4.79 Å². The summed E-state index contributed by atoms with van der Waals surface area (Å²) < 4.78 is 6.29. The van der Waals surface area contributed by atoms with Crippen molar-refractivity contribution in [1.29, 1.82) is 0 Å². The van der Waals surface area contributed by atoms with Crippen molar-refractivity contribution in [2.45, 2.75) is 56.4 Å². The number of nitrogens with zero attached hydrogens (tertiary/aromatic N) is 4. The van der Waals surface area contributed by atoms with E-state index in [1.54, 1.807) is 17.7 Å². The van der Waals surface area contributed by atoms with Crippen LogP contribution in [0.2, 0.25) is 0 Å². The van der Waals surface area contributed by atoms with Crippen molar-refractivity contribution in [2.24, 2.45) is 0 Å². The van der Waals surface area contributed by atoms with Gasteiger partial charge in [0.1, 0.15) is 23.1 Å². The van der Waals surface area contributed by atoms with Gasteiger partial charge < -0.3 is 14.5 Å². The van der Waals surface area contributed by atoms with Crippen LogP contribution in [-0.4, -0.2) is 58.2 Å². The molecule has 0 aromatic carbocycles. The molecule has 5 rings (SSSR count). The fraction of sp³-hybridized carbons (Fsp3) is 0.611. The first-order chi connectivity index (χ1) is 12.1. The van der Waals surface area contributed by atoms with E-state index in [-0.39, 0.29) is 17.6 Å². The molecule has 2 bridgehead atoms. The molecule has 0 N–H and O–H groups in total. The lowest BCUT2D eigenvalue weighted by Crippen LogP contribution is -2.63. The largest absolute Gasteiger partial charge is 0.360 e. The van der Waals surface area contributed by atoms with Crippen molar-refractivity contribution < 1.29 is 9.53 Å². The number of amides is 1. The number of carbonyl (C=O) groups is 1. The van der Waals surface area contributed by atoms with Gasteiger partial charge >= 0.3 is 0 Å². The maximum atomic E-state index is 12.1. The Bertz CT molecular complexity index is 807. The molecule has 0 saturated carbocycles. The number of rotatable bonds is 1. The van der Waals surface area contributed by atoms with Gasteiger partial charge in [0.2, 0.25) is 0 Å². The van der Waals surface area contributed by atoms with E-state index in [1.807, 2.05) is 18.9 Å². The highest BCUT2D eigenvalue weighted by molar-refractivity contribution is 7.16. The number of ether oxygens (including phenoxy) is 1. The minimum Gasteiger partial charge on any atom is -0.360 e. The Hall–Kier alpha value is -1.73. The summed E-state index contributed by atoms with van der Waals surface area (Å²) >= 11 is 1.66. The Morgan fingerprint density at radius 2 is 2.04 bits per heavy atom. The van der Waals surface area contributed by atoms with Crippen molar-refractivity contribution >= 4 is 33.3 Å². The smallest absolute Gasteiger partial charge is 0.251 e. The number of fused-ring (bicyclic) bond motifs is 3. The molecule has 3 unspecified atom stereocenters. The van der Waals surface area contributed by atoms with E-state index in [4.69, 9.17) is 4.74 Å². The number of aromatic nitrogens is 2. The molecule has 2 aromatic rings. The second-order valence-corrected chi connectivity index (χ2v) is 8.57. The molecule has 3 aliphatic heterocycles. The van der Waals surface area contributed by atoms with Crippen LogP contribution in [0.25, 0.3) is 10.2 Å². The quantitative estimate of drug-likeness (QED) is 0.784. The molecular formula is C18H22N4O2S. The Morgan fingerprint density at radius 1 is 1.28 bits per heavy atom. The first-order valence-electron chi connectivity index (χ1n) is 8.96. The molecule has 132 valence electrons. The van der Waals surface area contributed by atoms with Gasteiger partial charge in [-0.1, -0.05) is 0 Å². The minimum absolute atomic E-state index is 0.0937. The molecule has 3 aliphatic rings. The monoisotopic (exact) mass is 358 g/mol. The standard InChI is InChI=1S/C18H22N4O2S/c1-11-17(23)21(2)9-18(24-11)7-12-3-4-13(8-18)22(12)15-14-5-6-25-16(14)20-10-19-15/h5-6,10-13H,3-4,7-9H2,1-2H3. The van der Waals surface area contributed by atoms with Gasteiger partial charge in [0.05, 0.1) is 11.0 Å². The third-order valence-corrected chi connectivity index (χ3v) is 6.82. The number of hydrogen-bond acceptors (Lipinski definition) is 6. The van der Waals surface area contributed by atoms with Gasteiger partial charge in [-0.3, -0.25) is 4.79 Å². The molecule has 0 radical (unpaired) electrons. The summed E-state index contributed by atoms with van der Waals surface area (Å²) in [5, 5.41) is 3.24. The summed E-state index contributed by atoms with van der Waals surface area (Å²) in [5.41, 5.74) is -0.203. The fourth-order valence-electron chi connectivity index (χ4n) is 5.14. The zero-order valence-electron chi connectivity index (χ0n) is 14.5. The number of morpholine rings is 1. The Labute approximate surface area is 150 Å². The molecule has 3 saturated heterocycles. The molecule has 7 heteroatoms. The maximum absolute atomic E-state index is 12.1. The highest BCUT2D eigenvalue weighted by Gasteiger charge is 2.53. The summed E-state index contributed by atoms with van der Waals surface area (Å²) in [6, 6.07) is 2.97. The van der Waals surface area contributed by atoms with Crippen molar-refractivity contribution in [3.05, 3.63) is 17.8 Å². The third kappa shape index (κ3) is 2.29. The molecule has 3 fully saturated rings. The van der Waals surface area contributed by atoms with E-state index >= 15 is 0 Å². The van der Waals surface area contributed by atoms with Gasteiger partial charge in [-0.25, -0.2) is 9.97 Å². The van der Waals surface area contributed by atoms with Crippen molar-refractivity contribution in [3.8, 4) is 0 Å². The van der Waals surface area contributed by atoms with Gasteiger partial charge in [-0.2, -0.15) is 0 Å². The number of hydrogen-bond donors (Lipinski definition) is 0. The number of thiophene rings is 1. The van der Waals surface area contributed by atoms with E-state index in [0.29, 0.717) is 18.6 Å². The maximum Gasteiger partial charge on any atom is 0.251 e. The summed E-state index contributed by atoms with van der Waals surface area (Å²) in [7, 11) is 1.90. The predicted molar refractivity (Wildman–Crippen MR) is 96.9 cm³/mol. The summed E-state index contributed by atoms with van der Waals surface area (Å²) in [5.74, 6) is 1.16. The number of anilines is 1. The first-order valence-corrected chi connectivity index (χ1v) is 9.84. The van der Waals surface area contributed by atoms with E-state index in [0.717, 1.165) is 41.7 Å². The van der Waals surface area contributed by atoms with Crippen LogP contribution in [-0.2, 0) is 9.53 Å².